The van der Waals surface area contributed by atoms with Gasteiger partial charge in [0.2, 0.25) is 6.41 Å². The lowest BCUT2D eigenvalue weighted by atomic mass is 10.1. The predicted octanol–water partition coefficient (Wildman–Crippen LogP) is 3.15. The first-order valence-electron chi connectivity index (χ1n) is 8.64. The van der Waals surface area contributed by atoms with Crippen LogP contribution < -0.4 is 5.32 Å². The lowest BCUT2D eigenvalue weighted by molar-refractivity contribution is -0.105. The highest BCUT2D eigenvalue weighted by molar-refractivity contribution is 6.32. The zero-order valence-electron chi connectivity index (χ0n) is 15.4. The number of nitriles is 1. The van der Waals surface area contributed by atoms with E-state index >= 15 is 0 Å². The number of halogens is 1. The van der Waals surface area contributed by atoms with E-state index in [1.54, 1.807) is 40.6 Å². The normalized spacial score (nSPS) is 13.0. The van der Waals surface area contributed by atoms with Crippen LogP contribution >= 0.6 is 11.6 Å². The molecule has 0 saturated carbocycles. The summed E-state index contributed by atoms with van der Waals surface area (Å²) in [5.41, 5.74) is 2.57. The fourth-order valence-corrected chi connectivity index (χ4v) is 3.16. The minimum Gasteiger partial charge on any atom is -0.387 e. The lowest BCUT2D eigenvalue weighted by Crippen LogP contribution is -2.18. The number of anilines is 1. The Bertz CT molecular complexity index is 1030. The maximum absolute atomic E-state index is 10.7. The van der Waals surface area contributed by atoms with Crippen LogP contribution in [0.25, 0.3) is 11.3 Å². The Labute approximate surface area is 167 Å². The van der Waals surface area contributed by atoms with Gasteiger partial charge in [0.15, 0.2) is 5.82 Å². The molecule has 1 aromatic carbocycles. The molecule has 0 spiro atoms. The topological polar surface area (TPSA) is 109 Å². The second-order valence-corrected chi connectivity index (χ2v) is 6.82. The summed E-state index contributed by atoms with van der Waals surface area (Å²) in [4.78, 5) is 10.7. The van der Waals surface area contributed by atoms with E-state index in [2.05, 4.69) is 15.5 Å². The number of aromatic nitrogens is 4. The number of amides is 1. The molecule has 0 saturated heterocycles. The van der Waals surface area contributed by atoms with Gasteiger partial charge in [-0.2, -0.15) is 15.5 Å². The van der Waals surface area contributed by atoms with E-state index in [9.17, 15) is 9.90 Å². The first kappa shape index (κ1) is 19.6. The third-order valence-corrected chi connectivity index (χ3v) is 4.61. The Morgan fingerprint density at radius 2 is 2.11 bits per heavy atom. The summed E-state index contributed by atoms with van der Waals surface area (Å²) in [5, 5.41) is 30.8. The number of rotatable bonds is 7. The fraction of sp³-hybridized carbons (Fsp3) is 0.263. The molecule has 9 heteroatoms. The molecule has 3 rings (SSSR count). The summed E-state index contributed by atoms with van der Waals surface area (Å²) in [6.45, 7) is 4.10. The predicted molar refractivity (Wildman–Crippen MR) is 105 cm³/mol. The fourth-order valence-electron chi connectivity index (χ4n) is 2.94. The molecule has 2 aromatic heterocycles. The van der Waals surface area contributed by atoms with Crippen LogP contribution in [0.1, 0.15) is 37.3 Å². The third-order valence-electron chi connectivity index (χ3n) is 4.29. The average Bonchev–Trinajstić information content (AvgIpc) is 3.29. The number of hydrogen-bond donors (Lipinski definition) is 2. The quantitative estimate of drug-likeness (QED) is 0.594. The van der Waals surface area contributed by atoms with Crippen LogP contribution in [0.5, 0.6) is 0 Å². The Balaban J connectivity index is 1.81. The smallest absolute Gasteiger partial charge is 0.212 e. The van der Waals surface area contributed by atoms with Gasteiger partial charge in [0, 0.05) is 17.8 Å². The minimum atomic E-state index is -0.730. The molecule has 0 aliphatic rings. The monoisotopic (exact) mass is 398 g/mol. The summed E-state index contributed by atoms with van der Waals surface area (Å²) in [7, 11) is 0. The van der Waals surface area contributed by atoms with Gasteiger partial charge in [0.1, 0.15) is 6.07 Å². The van der Waals surface area contributed by atoms with Gasteiger partial charge >= 0.3 is 0 Å². The van der Waals surface area contributed by atoms with Crippen molar-refractivity contribution in [1.29, 1.82) is 5.26 Å². The zero-order chi connectivity index (χ0) is 20.3. The summed E-state index contributed by atoms with van der Waals surface area (Å²) < 4.78 is 3.45. The number of aliphatic hydroxyl groups excluding tert-OH is 1. The van der Waals surface area contributed by atoms with E-state index in [1.807, 2.05) is 25.3 Å². The number of hydrogen-bond acceptors (Lipinski definition) is 5. The molecule has 0 aliphatic carbocycles. The van der Waals surface area contributed by atoms with E-state index in [1.165, 1.54) is 0 Å². The van der Waals surface area contributed by atoms with Gasteiger partial charge in [-0.15, -0.1) is 0 Å². The molecular weight excluding hydrogens is 380 g/mol. The van der Waals surface area contributed by atoms with Crippen LogP contribution in [0.4, 0.5) is 5.82 Å². The Morgan fingerprint density at radius 3 is 2.75 bits per heavy atom. The van der Waals surface area contributed by atoms with Gasteiger partial charge in [0.05, 0.1) is 40.7 Å². The van der Waals surface area contributed by atoms with Crippen molar-refractivity contribution >= 4 is 23.8 Å². The number of nitrogens with one attached hydrogen (secondary N) is 1. The number of nitrogens with zero attached hydrogens (tertiary/aromatic N) is 5. The highest BCUT2D eigenvalue weighted by atomic mass is 35.5. The van der Waals surface area contributed by atoms with Gasteiger partial charge in [-0.1, -0.05) is 17.7 Å². The molecule has 8 nitrogen and oxygen atoms in total. The first-order chi connectivity index (χ1) is 13.4. The summed E-state index contributed by atoms with van der Waals surface area (Å²) in [6, 6.07) is 10.6. The second-order valence-electron chi connectivity index (χ2n) is 6.42. The number of aliphatic hydroxyl groups is 1. The molecule has 0 aliphatic heterocycles. The van der Waals surface area contributed by atoms with Crippen LogP contribution in [-0.4, -0.2) is 31.1 Å². The van der Waals surface area contributed by atoms with E-state index in [0.717, 1.165) is 11.3 Å². The molecule has 28 heavy (non-hydrogen) atoms. The molecule has 0 radical (unpaired) electrons. The zero-order valence-corrected chi connectivity index (χ0v) is 16.1. The van der Waals surface area contributed by atoms with Gasteiger partial charge in [-0.05, 0) is 32.0 Å². The lowest BCUT2D eigenvalue weighted by Gasteiger charge is -2.17. The summed E-state index contributed by atoms with van der Waals surface area (Å²) in [6.07, 6.45) is 1.66. The SMILES string of the molecule is CC(O)c1cc(NC=O)nn1[C@@H](C)Cn1ccc(-c2ccc(C#N)c(Cl)c2)n1. The van der Waals surface area contributed by atoms with E-state index in [-0.39, 0.29) is 6.04 Å². The largest absolute Gasteiger partial charge is 0.387 e. The van der Waals surface area contributed by atoms with Crippen LogP contribution in [0.3, 0.4) is 0 Å². The van der Waals surface area contributed by atoms with Crippen LogP contribution in [0.2, 0.25) is 5.02 Å². The van der Waals surface area contributed by atoms with Crippen LogP contribution in [0, 0.1) is 11.3 Å². The van der Waals surface area contributed by atoms with Crippen molar-refractivity contribution < 1.29 is 9.90 Å². The molecule has 2 N–H and O–H groups in total. The minimum absolute atomic E-state index is 0.121. The number of carbonyl (C=O) groups is 1. The molecule has 2 heterocycles. The van der Waals surface area contributed by atoms with Crippen molar-refractivity contribution in [2.45, 2.75) is 32.5 Å². The molecule has 0 fully saturated rings. The van der Waals surface area contributed by atoms with Crippen molar-refractivity contribution in [1.82, 2.24) is 19.6 Å². The van der Waals surface area contributed by atoms with Crippen molar-refractivity contribution in [3.05, 3.63) is 52.8 Å². The number of benzene rings is 1. The standard InChI is InChI=1S/C19H19ClN6O2/c1-12(26-18(13(2)28)8-19(24-26)22-11-27)10-25-6-5-17(23-25)14-3-4-15(9-21)16(20)7-14/h3-8,11-13,28H,10H2,1-2H3,(H,22,24,27)/t12-,13?/m0/s1. The Morgan fingerprint density at radius 1 is 1.32 bits per heavy atom. The van der Waals surface area contributed by atoms with Crippen LogP contribution in [0.15, 0.2) is 36.5 Å². The van der Waals surface area contributed by atoms with Crippen molar-refractivity contribution in [2.24, 2.45) is 0 Å². The van der Waals surface area contributed by atoms with Gasteiger partial charge in [-0.25, -0.2) is 0 Å². The molecular formula is C19H19ClN6O2. The maximum atomic E-state index is 10.7. The highest BCUT2D eigenvalue weighted by Crippen LogP contribution is 2.25. The molecule has 0 bridgehead atoms. The molecule has 2 atom stereocenters. The molecule has 144 valence electrons. The van der Waals surface area contributed by atoms with Crippen LogP contribution in [-0.2, 0) is 11.3 Å². The van der Waals surface area contributed by atoms with Crippen molar-refractivity contribution in [2.75, 3.05) is 5.32 Å². The Kier molecular flexibility index (Phi) is 5.78. The first-order valence-corrected chi connectivity index (χ1v) is 9.02. The second kappa shape index (κ2) is 8.25. The van der Waals surface area contributed by atoms with Gasteiger partial charge in [-0.3, -0.25) is 14.2 Å². The average molecular weight is 399 g/mol. The van der Waals surface area contributed by atoms with E-state index in [0.29, 0.717) is 35.1 Å². The van der Waals surface area contributed by atoms with Crippen molar-refractivity contribution in [3.8, 4) is 17.3 Å². The summed E-state index contributed by atoms with van der Waals surface area (Å²) in [5.74, 6) is 0.381. The Hall–Kier alpha value is -3.15. The van der Waals surface area contributed by atoms with Gasteiger partial charge < -0.3 is 10.4 Å². The van der Waals surface area contributed by atoms with E-state index in [4.69, 9.17) is 16.9 Å². The maximum Gasteiger partial charge on any atom is 0.212 e. The van der Waals surface area contributed by atoms with Gasteiger partial charge in [0.25, 0.3) is 0 Å². The number of carbonyl (C=O) groups excluding carboxylic acids is 1. The third kappa shape index (κ3) is 4.06. The highest BCUT2D eigenvalue weighted by Gasteiger charge is 2.18. The molecule has 1 unspecified atom stereocenters. The van der Waals surface area contributed by atoms with E-state index < -0.39 is 6.10 Å². The molecule has 3 aromatic rings. The molecule has 1 amide bonds. The summed E-state index contributed by atoms with van der Waals surface area (Å²) >= 11 is 6.10. The van der Waals surface area contributed by atoms with Crippen molar-refractivity contribution in [3.63, 3.8) is 0 Å².